The molecule has 0 unspecified atom stereocenters. The number of benzene rings is 2. The molecule has 6 heteroatoms. The van der Waals surface area contributed by atoms with Gasteiger partial charge in [0.2, 0.25) is 5.58 Å². The third-order valence-corrected chi connectivity index (χ3v) is 4.15. The van der Waals surface area contributed by atoms with Crippen molar-refractivity contribution < 1.29 is 24.2 Å². The Labute approximate surface area is 139 Å². The fraction of sp³-hybridized carbons (Fsp3) is 0.278. The maximum absolute atomic E-state index is 10.5. The normalized spacial score (nSPS) is 11.0. The van der Waals surface area contributed by atoms with Crippen molar-refractivity contribution in [2.45, 2.75) is 20.8 Å². The van der Waals surface area contributed by atoms with Gasteiger partial charge in [-0.2, -0.15) is 0 Å². The number of rotatable bonds is 4. The summed E-state index contributed by atoms with van der Waals surface area (Å²) < 4.78 is 16.1. The average molecular weight is 329 g/mol. The number of aromatic hydroxyl groups is 2. The van der Waals surface area contributed by atoms with E-state index in [1.807, 2.05) is 6.92 Å². The molecule has 1 heterocycles. The highest BCUT2D eigenvalue weighted by atomic mass is 16.5. The van der Waals surface area contributed by atoms with Crippen LogP contribution in [-0.2, 0) is 0 Å². The van der Waals surface area contributed by atoms with Gasteiger partial charge in [-0.25, -0.2) is 0 Å². The van der Waals surface area contributed by atoms with Gasteiger partial charge in [-0.1, -0.05) is 5.16 Å². The SMILES string of the molecule is CCOc1ccc(-c2noc3c(O)c(C)c(C)c(O)c23)cc1OC. The predicted octanol–water partition coefficient (Wildman–Crippen LogP) is 3.93. The van der Waals surface area contributed by atoms with Crippen molar-refractivity contribution in [3.8, 4) is 34.3 Å². The van der Waals surface area contributed by atoms with Gasteiger partial charge in [-0.3, -0.25) is 0 Å². The second-order valence-corrected chi connectivity index (χ2v) is 5.48. The van der Waals surface area contributed by atoms with Gasteiger partial charge < -0.3 is 24.2 Å². The highest BCUT2D eigenvalue weighted by Gasteiger charge is 2.22. The van der Waals surface area contributed by atoms with E-state index in [2.05, 4.69) is 5.16 Å². The number of nitrogens with zero attached hydrogens (tertiary/aromatic N) is 1. The van der Waals surface area contributed by atoms with E-state index in [4.69, 9.17) is 14.0 Å². The first kappa shape index (κ1) is 16.0. The van der Waals surface area contributed by atoms with E-state index in [0.717, 1.165) is 0 Å². The molecule has 2 N–H and O–H groups in total. The lowest BCUT2D eigenvalue weighted by Crippen LogP contribution is -1.95. The first-order chi connectivity index (χ1) is 11.5. The zero-order valence-corrected chi connectivity index (χ0v) is 14.0. The Balaban J connectivity index is 2.24. The first-order valence-electron chi connectivity index (χ1n) is 7.61. The summed E-state index contributed by atoms with van der Waals surface area (Å²) in [6.45, 7) is 5.87. The minimum Gasteiger partial charge on any atom is -0.507 e. The Hall–Kier alpha value is -2.89. The monoisotopic (exact) mass is 329 g/mol. The Morgan fingerprint density at radius 3 is 2.46 bits per heavy atom. The van der Waals surface area contributed by atoms with Crippen LogP contribution in [0, 0.1) is 13.8 Å². The summed E-state index contributed by atoms with van der Waals surface area (Å²) in [7, 11) is 1.55. The number of phenols is 2. The lowest BCUT2D eigenvalue weighted by Gasteiger charge is -2.11. The molecule has 0 saturated heterocycles. The van der Waals surface area contributed by atoms with Crippen molar-refractivity contribution in [3.05, 3.63) is 29.3 Å². The molecule has 3 rings (SSSR count). The van der Waals surface area contributed by atoms with E-state index >= 15 is 0 Å². The van der Waals surface area contributed by atoms with E-state index in [1.54, 1.807) is 39.2 Å². The molecule has 0 fully saturated rings. The predicted molar refractivity (Wildman–Crippen MR) is 90.0 cm³/mol. The number of hydrogen-bond acceptors (Lipinski definition) is 6. The molecule has 0 amide bonds. The van der Waals surface area contributed by atoms with Gasteiger partial charge in [0, 0.05) is 11.1 Å². The van der Waals surface area contributed by atoms with Crippen LogP contribution in [0.2, 0.25) is 0 Å². The summed E-state index contributed by atoms with van der Waals surface area (Å²) in [5.74, 6) is 1.20. The molecule has 0 aliphatic rings. The van der Waals surface area contributed by atoms with Crippen LogP contribution in [0.1, 0.15) is 18.1 Å². The van der Waals surface area contributed by atoms with E-state index < -0.39 is 0 Å². The highest BCUT2D eigenvalue weighted by molar-refractivity contribution is 6.01. The van der Waals surface area contributed by atoms with E-state index in [-0.39, 0.29) is 17.1 Å². The Kier molecular flexibility index (Phi) is 3.97. The van der Waals surface area contributed by atoms with Crippen molar-refractivity contribution in [3.63, 3.8) is 0 Å². The molecule has 1 aromatic heterocycles. The minimum atomic E-state index is -0.0167. The minimum absolute atomic E-state index is 0.0167. The van der Waals surface area contributed by atoms with Crippen molar-refractivity contribution in [2.24, 2.45) is 0 Å². The van der Waals surface area contributed by atoms with Crippen molar-refractivity contribution >= 4 is 11.0 Å². The zero-order chi connectivity index (χ0) is 17.4. The lowest BCUT2D eigenvalue weighted by molar-refractivity contribution is 0.311. The summed E-state index contributed by atoms with van der Waals surface area (Å²) in [6.07, 6.45) is 0. The van der Waals surface area contributed by atoms with Gasteiger partial charge in [0.05, 0.1) is 19.1 Å². The maximum Gasteiger partial charge on any atom is 0.213 e. The molecular formula is C18H19NO5. The molecule has 126 valence electrons. The second-order valence-electron chi connectivity index (χ2n) is 5.48. The Morgan fingerprint density at radius 1 is 1.08 bits per heavy atom. The molecule has 24 heavy (non-hydrogen) atoms. The molecular weight excluding hydrogens is 310 g/mol. The Morgan fingerprint density at radius 2 is 1.79 bits per heavy atom. The van der Waals surface area contributed by atoms with Crippen LogP contribution in [0.25, 0.3) is 22.2 Å². The van der Waals surface area contributed by atoms with Crippen LogP contribution in [-0.4, -0.2) is 29.1 Å². The van der Waals surface area contributed by atoms with Gasteiger partial charge in [0.25, 0.3) is 0 Å². The number of phenolic OH excluding ortho intramolecular Hbond substituents is 2. The molecule has 2 aromatic carbocycles. The zero-order valence-electron chi connectivity index (χ0n) is 14.0. The summed E-state index contributed by atoms with van der Waals surface area (Å²) in [4.78, 5) is 0. The van der Waals surface area contributed by atoms with Crippen molar-refractivity contribution in [1.82, 2.24) is 5.16 Å². The lowest BCUT2D eigenvalue weighted by atomic mass is 10.0. The van der Waals surface area contributed by atoms with Crippen LogP contribution in [0.15, 0.2) is 22.7 Å². The van der Waals surface area contributed by atoms with Gasteiger partial charge in [-0.15, -0.1) is 0 Å². The molecule has 0 aliphatic heterocycles. The largest absolute Gasteiger partial charge is 0.507 e. The van der Waals surface area contributed by atoms with Crippen LogP contribution in [0.5, 0.6) is 23.0 Å². The summed E-state index contributed by atoms with van der Waals surface area (Å²) in [5.41, 5.74) is 2.43. The number of hydrogen-bond donors (Lipinski definition) is 2. The third-order valence-electron chi connectivity index (χ3n) is 4.15. The van der Waals surface area contributed by atoms with Crippen LogP contribution < -0.4 is 9.47 Å². The number of ether oxygens (including phenoxy) is 2. The van der Waals surface area contributed by atoms with Crippen LogP contribution in [0.3, 0.4) is 0 Å². The molecule has 3 aromatic rings. The van der Waals surface area contributed by atoms with E-state index in [0.29, 0.717) is 45.9 Å². The number of aromatic nitrogens is 1. The smallest absolute Gasteiger partial charge is 0.213 e. The topological polar surface area (TPSA) is 85.0 Å². The van der Waals surface area contributed by atoms with Gasteiger partial charge in [-0.05, 0) is 44.5 Å². The number of methoxy groups -OCH3 is 1. The molecule has 6 nitrogen and oxygen atoms in total. The highest BCUT2D eigenvalue weighted by Crippen LogP contribution is 2.44. The maximum atomic E-state index is 10.5. The van der Waals surface area contributed by atoms with Crippen LogP contribution >= 0.6 is 0 Å². The van der Waals surface area contributed by atoms with Gasteiger partial charge >= 0.3 is 0 Å². The van der Waals surface area contributed by atoms with Crippen molar-refractivity contribution in [2.75, 3.05) is 13.7 Å². The molecule has 0 aliphatic carbocycles. The molecule has 0 atom stereocenters. The molecule has 0 bridgehead atoms. The second kappa shape index (κ2) is 5.96. The van der Waals surface area contributed by atoms with E-state index in [9.17, 15) is 10.2 Å². The third kappa shape index (κ3) is 2.31. The summed E-state index contributed by atoms with van der Waals surface area (Å²) >= 11 is 0. The summed E-state index contributed by atoms with van der Waals surface area (Å²) in [5, 5.41) is 25.1. The van der Waals surface area contributed by atoms with Crippen molar-refractivity contribution in [1.29, 1.82) is 0 Å². The first-order valence-corrected chi connectivity index (χ1v) is 7.61. The number of fused-ring (bicyclic) bond motifs is 1. The quantitative estimate of drug-likeness (QED) is 0.706. The fourth-order valence-corrected chi connectivity index (χ4v) is 2.67. The fourth-order valence-electron chi connectivity index (χ4n) is 2.67. The van der Waals surface area contributed by atoms with E-state index in [1.165, 1.54) is 0 Å². The van der Waals surface area contributed by atoms with Gasteiger partial charge in [0.15, 0.2) is 17.2 Å². The molecule has 0 saturated carbocycles. The van der Waals surface area contributed by atoms with Gasteiger partial charge in [0.1, 0.15) is 11.4 Å². The Bertz CT molecular complexity index is 914. The standard InChI is InChI=1S/C18H19NO5/c1-5-23-12-7-6-11(8-13(12)22-4)15-14-16(20)9(2)10(3)17(21)18(14)24-19-15/h6-8,20-21H,5H2,1-4H3. The molecule has 0 radical (unpaired) electrons. The van der Waals surface area contributed by atoms with Crippen LogP contribution in [0.4, 0.5) is 0 Å². The summed E-state index contributed by atoms with van der Waals surface area (Å²) in [6, 6.07) is 5.33. The molecule has 0 spiro atoms. The average Bonchev–Trinajstić information content (AvgIpc) is 3.04.